The molecule has 0 aliphatic carbocycles. The third kappa shape index (κ3) is 4.32. The Kier molecular flexibility index (Phi) is 5.20. The van der Waals surface area contributed by atoms with E-state index in [-0.39, 0.29) is 10.8 Å². The molecule has 0 atom stereocenters. The molecule has 3 N–H and O–H groups in total. The number of hydrogen-bond acceptors (Lipinski definition) is 5. The van der Waals surface area contributed by atoms with E-state index in [2.05, 4.69) is 15.2 Å². The second-order valence-electron chi connectivity index (χ2n) is 5.08. The van der Waals surface area contributed by atoms with E-state index in [9.17, 15) is 13.2 Å². The molecule has 0 fully saturated rings. The van der Waals surface area contributed by atoms with Gasteiger partial charge in [-0.1, -0.05) is 17.3 Å². The number of carbonyl (C=O) groups excluding carboxylic acids is 1. The van der Waals surface area contributed by atoms with E-state index in [4.69, 9.17) is 5.21 Å². The highest BCUT2D eigenvalue weighted by Gasteiger charge is 2.14. The monoisotopic (exact) mass is 347 g/mol. The number of benzene rings is 2. The number of nitrogens with zero attached hydrogens (tertiary/aromatic N) is 1. The predicted octanol–water partition coefficient (Wildman–Crippen LogP) is 2.64. The van der Waals surface area contributed by atoms with Crippen molar-refractivity contribution in [3.05, 3.63) is 54.1 Å². The first kappa shape index (κ1) is 17.5. The topological polar surface area (TPSA) is 108 Å². The first-order chi connectivity index (χ1) is 11.3. The lowest BCUT2D eigenvalue weighted by molar-refractivity contribution is -0.114. The third-order valence-electron chi connectivity index (χ3n) is 3.17. The van der Waals surface area contributed by atoms with Crippen LogP contribution in [0.2, 0.25) is 0 Å². The predicted molar refractivity (Wildman–Crippen MR) is 92.0 cm³/mol. The van der Waals surface area contributed by atoms with Gasteiger partial charge >= 0.3 is 0 Å². The fourth-order valence-electron chi connectivity index (χ4n) is 2.00. The van der Waals surface area contributed by atoms with Crippen LogP contribution in [0.5, 0.6) is 0 Å². The molecule has 0 bridgehead atoms. The van der Waals surface area contributed by atoms with Crippen LogP contribution in [0.4, 0.5) is 11.4 Å². The van der Waals surface area contributed by atoms with E-state index in [0.717, 1.165) is 0 Å². The molecule has 126 valence electrons. The number of carbonyl (C=O) groups is 1. The van der Waals surface area contributed by atoms with Crippen molar-refractivity contribution in [1.82, 2.24) is 0 Å². The zero-order valence-electron chi connectivity index (χ0n) is 13.1. The van der Waals surface area contributed by atoms with Gasteiger partial charge in [-0.15, -0.1) is 0 Å². The summed E-state index contributed by atoms with van der Waals surface area (Å²) in [7, 11) is -3.77. The maximum Gasteiger partial charge on any atom is 0.261 e. The maximum absolute atomic E-state index is 12.4. The molecule has 0 aliphatic rings. The van der Waals surface area contributed by atoms with Crippen molar-refractivity contribution in [2.24, 2.45) is 5.16 Å². The Hall–Kier alpha value is -2.87. The molecular formula is C16H17N3O4S. The Morgan fingerprint density at radius 3 is 2.29 bits per heavy atom. The van der Waals surface area contributed by atoms with Crippen molar-refractivity contribution < 1.29 is 18.4 Å². The summed E-state index contributed by atoms with van der Waals surface area (Å²) < 4.78 is 27.3. The highest BCUT2D eigenvalue weighted by molar-refractivity contribution is 7.92. The summed E-state index contributed by atoms with van der Waals surface area (Å²) in [5.74, 6) is -0.235. The summed E-state index contributed by atoms with van der Waals surface area (Å²) in [6.07, 6.45) is 0. The van der Waals surface area contributed by atoms with Gasteiger partial charge in [0.15, 0.2) is 0 Å². The highest BCUT2D eigenvalue weighted by Crippen LogP contribution is 2.19. The minimum atomic E-state index is -3.77. The molecule has 0 heterocycles. The number of hydrogen-bond donors (Lipinski definition) is 3. The number of rotatable bonds is 5. The van der Waals surface area contributed by atoms with Crippen LogP contribution in [-0.4, -0.2) is 25.2 Å². The molecule has 0 saturated carbocycles. The molecule has 2 aromatic rings. The zero-order valence-corrected chi connectivity index (χ0v) is 14.0. The van der Waals surface area contributed by atoms with Crippen LogP contribution in [0.25, 0.3) is 0 Å². The molecule has 0 radical (unpaired) electrons. The number of amides is 1. The molecule has 8 heteroatoms. The molecule has 2 aromatic carbocycles. The first-order valence-electron chi connectivity index (χ1n) is 7.01. The largest absolute Gasteiger partial charge is 0.411 e. The smallest absolute Gasteiger partial charge is 0.261 e. The molecule has 0 spiro atoms. The fourth-order valence-corrected chi connectivity index (χ4v) is 3.05. The fraction of sp³-hybridized carbons (Fsp3) is 0.125. The van der Waals surface area contributed by atoms with Crippen LogP contribution in [-0.2, 0) is 14.8 Å². The maximum atomic E-state index is 12.4. The Labute approximate surface area is 140 Å². The van der Waals surface area contributed by atoms with Gasteiger partial charge in [0.25, 0.3) is 10.0 Å². The van der Waals surface area contributed by atoms with Crippen LogP contribution < -0.4 is 10.0 Å². The summed E-state index contributed by atoms with van der Waals surface area (Å²) in [4.78, 5) is 11.0. The van der Waals surface area contributed by atoms with Crippen LogP contribution >= 0.6 is 0 Å². The van der Waals surface area contributed by atoms with E-state index < -0.39 is 10.0 Å². The lowest BCUT2D eigenvalue weighted by Crippen LogP contribution is -2.13. The lowest BCUT2D eigenvalue weighted by atomic mass is 10.1. The van der Waals surface area contributed by atoms with Crippen molar-refractivity contribution in [1.29, 1.82) is 0 Å². The third-order valence-corrected chi connectivity index (χ3v) is 4.56. The van der Waals surface area contributed by atoms with Crippen LogP contribution in [0.1, 0.15) is 19.4 Å². The van der Waals surface area contributed by atoms with Crippen molar-refractivity contribution in [2.75, 3.05) is 10.0 Å². The number of oxime groups is 1. The van der Waals surface area contributed by atoms with Gasteiger partial charge in [-0.2, -0.15) is 0 Å². The Balaban J connectivity index is 2.24. The zero-order chi connectivity index (χ0) is 17.7. The first-order valence-corrected chi connectivity index (χ1v) is 8.50. The molecule has 24 heavy (non-hydrogen) atoms. The van der Waals surface area contributed by atoms with Crippen molar-refractivity contribution in [3.8, 4) is 0 Å². The van der Waals surface area contributed by atoms with Gasteiger partial charge in [-0.25, -0.2) is 8.42 Å². The lowest BCUT2D eigenvalue weighted by Gasteiger charge is -2.10. The van der Waals surface area contributed by atoms with E-state index in [0.29, 0.717) is 22.6 Å². The molecule has 0 aromatic heterocycles. The van der Waals surface area contributed by atoms with Crippen molar-refractivity contribution >= 4 is 33.0 Å². The molecular weight excluding hydrogens is 330 g/mol. The van der Waals surface area contributed by atoms with Gasteiger partial charge in [0.1, 0.15) is 0 Å². The quantitative estimate of drug-likeness (QED) is 0.439. The molecule has 2 rings (SSSR count). The summed E-state index contributed by atoms with van der Waals surface area (Å²) in [5, 5.41) is 14.5. The summed E-state index contributed by atoms with van der Waals surface area (Å²) in [6.45, 7) is 2.98. The highest BCUT2D eigenvalue weighted by atomic mass is 32.2. The van der Waals surface area contributed by atoms with Gasteiger partial charge in [0.2, 0.25) is 5.91 Å². The SMILES string of the molecule is CC(=O)Nc1ccc(S(=O)(=O)Nc2cccc(C(C)=NO)c2)cc1. The van der Waals surface area contributed by atoms with E-state index >= 15 is 0 Å². The van der Waals surface area contributed by atoms with E-state index in [1.54, 1.807) is 31.2 Å². The van der Waals surface area contributed by atoms with Crippen LogP contribution in [0.15, 0.2) is 58.6 Å². The molecule has 1 amide bonds. The van der Waals surface area contributed by atoms with Crippen LogP contribution in [0, 0.1) is 0 Å². The summed E-state index contributed by atoms with van der Waals surface area (Å²) >= 11 is 0. The number of sulfonamides is 1. The molecule has 0 saturated heterocycles. The molecule has 7 nitrogen and oxygen atoms in total. The average Bonchev–Trinajstić information content (AvgIpc) is 2.54. The Morgan fingerprint density at radius 1 is 1.04 bits per heavy atom. The number of anilines is 2. The van der Waals surface area contributed by atoms with Crippen molar-refractivity contribution in [2.45, 2.75) is 18.7 Å². The second-order valence-corrected chi connectivity index (χ2v) is 6.76. The minimum Gasteiger partial charge on any atom is -0.411 e. The minimum absolute atomic E-state index is 0.0644. The van der Waals surface area contributed by atoms with Gasteiger partial charge < -0.3 is 10.5 Å². The Morgan fingerprint density at radius 2 is 1.71 bits per heavy atom. The molecule has 0 aliphatic heterocycles. The normalized spacial score (nSPS) is 11.8. The second kappa shape index (κ2) is 7.14. The average molecular weight is 347 g/mol. The van der Waals surface area contributed by atoms with Gasteiger partial charge in [-0.05, 0) is 43.3 Å². The van der Waals surface area contributed by atoms with Gasteiger partial charge in [0.05, 0.1) is 10.6 Å². The van der Waals surface area contributed by atoms with E-state index in [1.807, 2.05) is 0 Å². The standard InChI is InChI=1S/C16H17N3O4S/c1-11(18-21)13-4-3-5-15(10-13)19-24(22,23)16-8-6-14(7-9-16)17-12(2)20/h3-10,19,21H,1-2H3,(H,17,20). The van der Waals surface area contributed by atoms with Gasteiger partial charge in [-0.3, -0.25) is 9.52 Å². The summed E-state index contributed by atoms with van der Waals surface area (Å²) in [6, 6.07) is 12.3. The van der Waals surface area contributed by atoms with Crippen LogP contribution in [0.3, 0.4) is 0 Å². The summed E-state index contributed by atoms with van der Waals surface area (Å²) in [5.41, 5.74) is 1.83. The van der Waals surface area contributed by atoms with E-state index in [1.165, 1.54) is 31.2 Å². The molecule has 0 unspecified atom stereocenters. The van der Waals surface area contributed by atoms with Crippen molar-refractivity contribution in [3.63, 3.8) is 0 Å². The Bertz CT molecular complexity index is 874. The van der Waals surface area contributed by atoms with Gasteiger partial charge in [0, 0.05) is 23.9 Å². The number of nitrogens with one attached hydrogen (secondary N) is 2.